The largest absolute Gasteiger partial charge is 0.335 e. The molecule has 1 fully saturated rings. The Hall–Kier alpha value is -2.62. The van der Waals surface area contributed by atoms with E-state index in [-0.39, 0.29) is 11.5 Å². The average molecular weight is 264 g/mol. The number of rotatable bonds is 1. The van der Waals surface area contributed by atoms with Crippen molar-refractivity contribution in [2.45, 2.75) is 0 Å². The number of pyridine rings is 1. The molecule has 0 radical (unpaired) electrons. The quantitative estimate of drug-likeness (QED) is 0.541. The van der Waals surface area contributed by atoms with Crippen LogP contribution in [0.15, 0.2) is 47.3 Å². The van der Waals surface area contributed by atoms with Crippen LogP contribution in [0.1, 0.15) is 10.4 Å². The van der Waals surface area contributed by atoms with Crippen LogP contribution < -0.4 is 5.56 Å². The predicted octanol–water partition coefficient (Wildman–Crippen LogP) is 2.14. The number of fused-ring (bicyclic) bond motifs is 3. The van der Waals surface area contributed by atoms with E-state index in [4.69, 9.17) is 0 Å². The van der Waals surface area contributed by atoms with Crippen LogP contribution in [-0.4, -0.2) is 28.9 Å². The third-order valence-electron chi connectivity index (χ3n) is 3.73. The monoisotopic (exact) mass is 264 g/mol. The highest BCUT2D eigenvalue weighted by molar-refractivity contribution is 6.13. The molecule has 3 aromatic rings. The van der Waals surface area contributed by atoms with Gasteiger partial charge in [0.25, 0.3) is 11.5 Å². The van der Waals surface area contributed by atoms with Gasteiger partial charge >= 0.3 is 0 Å². The Bertz CT molecular complexity index is 907. The van der Waals surface area contributed by atoms with Crippen molar-refractivity contribution in [3.8, 4) is 0 Å². The SMILES string of the molecule is O=C(c1cccc2c1[nH]c(=O)c1ccccc12)N1CC1. The molecular formula is C16H12N2O2. The van der Waals surface area contributed by atoms with Gasteiger partial charge < -0.3 is 9.88 Å². The normalized spacial score (nSPS) is 13.9. The van der Waals surface area contributed by atoms with Crippen molar-refractivity contribution in [3.63, 3.8) is 0 Å². The fourth-order valence-corrected chi connectivity index (χ4v) is 2.61. The van der Waals surface area contributed by atoms with Gasteiger partial charge in [0.15, 0.2) is 0 Å². The molecule has 2 aromatic carbocycles. The van der Waals surface area contributed by atoms with Crippen LogP contribution in [0.2, 0.25) is 0 Å². The Morgan fingerprint density at radius 1 is 0.950 bits per heavy atom. The smallest absolute Gasteiger partial charge is 0.256 e. The van der Waals surface area contributed by atoms with Crippen LogP contribution >= 0.6 is 0 Å². The lowest BCUT2D eigenvalue weighted by Crippen LogP contribution is -2.14. The number of aromatic nitrogens is 1. The lowest BCUT2D eigenvalue weighted by Gasteiger charge is -2.08. The van der Waals surface area contributed by atoms with Gasteiger partial charge in [0.05, 0.1) is 11.1 Å². The fraction of sp³-hybridized carbons (Fsp3) is 0.125. The van der Waals surface area contributed by atoms with E-state index in [0.717, 1.165) is 23.9 Å². The predicted molar refractivity (Wildman–Crippen MR) is 78.0 cm³/mol. The molecule has 4 heteroatoms. The maximum Gasteiger partial charge on any atom is 0.256 e. The zero-order valence-electron chi connectivity index (χ0n) is 10.7. The first-order chi connectivity index (χ1) is 9.75. The number of aromatic amines is 1. The van der Waals surface area contributed by atoms with Crippen molar-refractivity contribution in [2.24, 2.45) is 0 Å². The Morgan fingerprint density at radius 3 is 2.40 bits per heavy atom. The summed E-state index contributed by atoms with van der Waals surface area (Å²) in [6.45, 7) is 1.60. The van der Waals surface area contributed by atoms with E-state index in [0.29, 0.717) is 16.5 Å². The number of carbonyl (C=O) groups is 1. The molecule has 2 heterocycles. The minimum atomic E-state index is -0.154. The Balaban J connectivity index is 2.13. The van der Waals surface area contributed by atoms with E-state index in [1.165, 1.54) is 0 Å². The maximum atomic E-state index is 12.3. The standard InChI is InChI=1S/C16H12N2O2/c19-15-12-5-2-1-4-10(12)11-6-3-7-13(14(11)17-15)16(20)18-8-9-18/h1-7H,8-9H2,(H,17,19). The summed E-state index contributed by atoms with van der Waals surface area (Å²) in [4.78, 5) is 29.1. The number of H-pyrrole nitrogens is 1. The molecule has 0 bridgehead atoms. The van der Waals surface area contributed by atoms with Gasteiger partial charge in [-0.25, -0.2) is 0 Å². The van der Waals surface area contributed by atoms with Crippen LogP contribution in [-0.2, 0) is 0 Å². The molecule has 0 unspecified atom stereocenters. The number of benzene rings is 2. The van der Waals surface area contributed by atoms with Gasteiger partial charge in [-0.1, -0.05) is 30.3 Å². The first-order valence-corrected chi connectivity index (χ1v) is 6.59. The van der Waals surface area contributed by atoms with Crippen molar-refractivity contribution in [1.82, 2.24) is 9.88 Å². The zero-order valence-corrected chi connectivity index (χ0v) is 10.7. The second-order valence-electron chi connectivity index (χ2n) is 5.02. The molecule has 98 valence electrons. The number of nitrogens with zero attached hydrogens (tertiary/aromatic N) is 1. The first kappa shape index (κ1) is 11.2. The Kier molecular flexibility index (Phi) is 2.21. The van der Waals surface area contributed by atoms with Gasteiger partial charge in [0.1, 0.15) is 0 Å². The summed E-state index contributed by atoms with van der Waals surface area (Å²) in [7, 11) is 0. The van der Waals surface area contributed by atoms with E-state index >= 15 is 0 Å². The van der Waals surface area contributed by atoms with Crippen LogP contribution in [0.3, 0.4) is 0 Å². The number of hydrogen-bond acceptors (Lipinski definition) is 2. The summed E-state index contributed by atoms with van der Waals surface area (Å²) in [5, 5.41) is 2.44. The molecule has 20 heavy (non-hydrogen) atoms. The topological polar surface area (TPSA) is 52.9 Å². The van der Waals surface area contributed by atoms with Crippen LogP contribution in [0.4, 0.5) is 0 Å². The number of amides is 1. The fourth-order valence-electron chi connectivity index (χ4n) is 2.61. The molecule has 1 aliphatic rings. The van der Waals surface area contributed by atoms with Crippen molar-refractivity contribution < 1.29 is 4.79 Å². The molecule has 1 N–H and O–H groups in total. The molecule has 4 nitrogen and oxygen atoms in total. The molecule has 1 aliphatic heterocycles. The van der Waals surface area contributed by atoms with Crippen LogP contribution in [0.25, 0.3) is 21.7 Å². The highest BCUT2D eigenvalue weighted by Crippen LogP contribution is 2.25. The van der Waals surface area contributed by atoms with E-state index in [1.807, 2.05) is 30.3 Å². The molecule has 1 amide bonds. The van der Waals surface area contributed by atoms with Gasteiger partial charge in [-0.3, -0.25) is 9.59 Å². The Morgan fingerprint density at radius 2 is 1.65 bits per heavy atom. The number of nitrogens with one attached hydrogen (secondary N) is 1. The summed E-state index contributed by atoms with van der Waals surface area (Å²) in [5.41, 5.74) is 1.05. The summed E-state index contributed by atoms with van der Waals surface area (Å²) in [5.74, 6) is -0.0125. The molecule has 0 saturated carbocycles. The van der Waals surface area contributed by atoms with E-state index in [1.54, 1.807) is 17.0 Å². The Labute approximate surface area is 114 Å². The minimum absolute atomic E-state index is 0.0125. The maximum absolute atomic E-state index is 12.3. The lowest BCUT2D eigenvalue weighted by atomic mass is 10.0. The van der Waals surface area contributed by atoms with Crippen molar-refractivity contribution >= 4 is 27.6 Å². The van der Waals surface area contributed by atoms with Gasteiger partial charge in [-0.15, -0.1) is 0 Å². The minimum Gasteiger partial charge on any atom is -0.335 e. The highest BCUT2D eigenvalue weighted by Gasteiger charge is 2.26. The molecule has 1 saturated heterocycles. The van der Waals surface area contributed by atoms with E-state index in [9.17, 15) is 9.59 Å². The van der Waals surface area contributed by atoms with Crippen LogP contribution in [0.5, 0.6) is 0 Å². The van der Waals surface area contributed by atoms with E-state index < -0.39 is 0 Å². The average Bonchev–Trinajstić information content (AvgIpc) is 3.31. The van der Waals surface area contributed by atoms with Crippen LogP contribution in [0, 0.1) is 0 Å². The first-order valence-electron chi connectivity index (χ1n) is 6.59. The summed E-state index contributed by atoms with van der Waals surface area (Å²) in [6.07, 6.45) is 0. The highest BCUT2D eigenvalue weighted by atomic mass is 16.2. The van der Waals surface area contributed by atoms with E-state index in [2.05, 4.69) is 4.98 Å². The van der Waals surface area contributed by atoms with Gasteiger partial charge in [-0.2, -0.15) is 0 Å². The lowest BCUT2D eigenvalue weighted by molar-refractivity contribution is 0.0887. The molecule has 0 spiro atoms. The van der Waals surface area contributed by atoms with Crippen molar-refractivity contribution in [1.29, 1.82) is 0 Å². The number of para-hydroxylation sites is 1. The number of carbonyl (C=O) groups excluding carboxylic acids is 1. The van der Waals surface area contributed by atoms with Gasteiger partial charge in [0, 0.05) is 23.9 Å². The second kappa shape index (κ2) is 3.93. The van der Waals surface area contributed by atoms with Crippen molar-refractivity contribution in [3.05, 3.63) is 58.4 Å². The molecule has 1 aromatic heterocycles. The zero-order chi connectivity index (χ0) is 13.7. The number of hydrogen-bond donors (Lipinski definition) is 1. The molecule has 0 aliphatic carbocycles. The molecule has 4 rings (SSSR count). The summed E-state index contributed by atoms with van der Waals surface area (Å²) < 4.78 is 0. The molecular weight excluding hydrogens is 252 g/mol. The summed E-state index contributed by atoms with van der Waals surface area (Å²) in [6, 6.07) is 13.0. The third kappa shape index (κ3) is 1.54. The van der Waals surface area contributed by atoms with Gasteiger partial charge in [-0.05, 0) is 17.5 Å². The third-order valence-corrected chi connectivity index (χ3v) is 3.73. The molecule has 0 atom stereocenters. The van der Waals surface area contributed by atoms with Gasteiger partial charge in [0.2, 0.25) is 0 Å². The summed E-state index contributed by atoms with van der Waals surface area (Å²) >= 11 is 0. The second-order valence-corrected chi connectivity index (χ2v) is 5.02. The van der Waals surface area contributed by atoms with Crippen molar-refractivity contribution in [2.75, 3.05) is 13.1 Å².